The lowest BCUT2D eigenvalue weighted by Gasteiger charge is -2.19. The third-order valence-electron chi connectivity index (χ3n) is 6.46. The Morgan fingerprint density at radius 3 is 2.63 bits per heavy atom. The van der Waals surface area contributed by atoms with Crippen molar-refractivity contribution in [1.82, 2.24) is 10.2 Å². The maximum Gasteiger partial charge on any atom is 0.253 e. The van der Waals surface area contributed by atoms with Crippen molar-refractivity contribution in [2.45, 2.75) is 12.5 Å². The summed E-state index contributed by atoms with van der Waals surface area (Å²) in [6.07, 6.45) is 0. The van der Waals surface area contributed by atoms with E-state index >= 15 is 0 Å². The second-order valence-electron chi connectivity index (χ2n) is 8.61. The van der Waals surface area contributed by atoms with Crippen LogP contribution in [0.15, 0.2) is 66.7 Å². The molecule has 1 saturated heterocycles. The summed E-state index contributed by atoms with van der Waals surface area (Å²) in [6.45, 7) is 1.29. The van der Waals surface area contributed by atoms with Gasteiger partial charge < -0.3 is 24.4 Å². The Kier molecular flexibility index (Phi) is 6.51. The number of methoxy groups -OCH3 is 1. The van der Waals surface area contributed by atoms with Gasteiger partial charge in [-0.2, -0.15) is 0 Å². The zero-order valence-electron chi connectivity index (χ0n) is 19.2. The minimum Gasteiger partial charge on any atom is -0.497 e. The first-order valence-electron chi connectivity index (χ1n) is 11.4. The van der Waals surface area contributed by atoms with E-state index in [-0.39, 0.29) is 24.5 Å². The number of amides is 2. The minimum absolute atomic E-state index is 0.109. The zero-order valence-corrected chi connectivity index (χ0v) is 20.0. The van der Waals surface area contributed by atoms with E-state index in [1.165, 1.54) is 0 Å². The van der Waals surface area contributed by atoms with Crippen LogP contribution in [0.25, 0.3) is 0 Å². The summed E-state index contributed by atoms with van der Waals surface area (Å²) in [5.41, 5.74) is 2.41. The Hall–Kier alpha value is -3.71. The number of benzene rings is 3. The van der Waals surface area contributed by atoms with Crippen molar-refractivity contribution in [3.63, 3.8) is 0 Å². The number of halogens is 1. The highest BCUT2D eigenvalue weighted by Crippen LogP contribution is 2.36. The topological polar surface area (TPSA) is 77.1 Å². The summed E-state index contributed by atoms with van der Waals surface area (Å²) < 4.78 is 16.2. The number of nitrogens with one attached hydrogen (secondary N) is 1. The fourth-order valence-electron chi connectivity index (χ4n) is 4.59. The minimum atomic E-state index is -0.410. The summed E-state index contributed by atoms with van der Waals surface area (Å²) in [5, 5.41) is 3.61. The van der Waals surface area contributed by atoms with Crippen LogP contribution in [-0.4, -0.2) is 43.7 Å². The Labute approximate surface area is 208 Å². The number of rotatable bonds is 6. The van der Waals surface area contributed by atoms with E-state index in [4.69, 9.17) is 25.8 Å². The molecule has 0 radical (unpaired) electrons. The molecule has 2 atom stereocenters. The lowest BCUT2D eigenvalue weighted by atomic mass is 9.88. The highest BCUT2D eigenvalue weighted by Gasteiger charge is 2.40. The number of likely N-dealkylation sites (tertiary alicyclic amines) is 1. The van der Waals surface area contributed by atoms with Gasteiger partial charge in [0.1, 0.15) is 5.75 Å². The number of ether oxygens (including phenoxy) is 3. The lowest BCUT2D eigenvalue weighted by molar-refractivity contribution is -0.125. The summed E-state index contributed by atoms with van der Waals surface area (Å²) in [6, 6.07) is 20.1. The molecule has 35 heavy (non-hydrogen) atoms. The van der Waals surface area contributed by atoms with Crippen molar-refractivity contribution < 1.29 is 23.8 Å². The van der Waals surface area contributed by atoms with Gasteiger partial charge in [-0.05, 0) is 59.7 Å². The number of hydrogen-bond acceptors (Lipinski definition) is 5. The van der Waals surface area contributed by atoms with Crippen LogP contribution < -0.4 is 19.5 Å². The first-order valence-corrected chi connectivity index (χ1v) is 11.7. The third kappa shape index (κ3) is 4.91. The van der Waals surface area contributed by atoms with Gasteiger partial charge in [0.2, 0.25) is 12.7 Å². The molecule has 3 aromatic rings. The molecule has 5 rings (SSSR count). The molecule has 0 saturated carbocycles. The second kappa shape index (κ2) is 9.88. The van der Waals surface area contributed by atoms with Gasteiger partial charge in [0.25, 0.3) is 5.91 Å². The number of nitrogens with zero attached hydrogens (tertiary/aromatic N) is 1. The van der Waals surface area contributed by atoms with Gasteiger partial charge in [-0.3, -0.25) is 9.59 Å². The van der Waals surface area contributed by atoms with E-state index in [1.54, 1.807) is 36.3 Å². The van der Waals surface area contributed by atoms with Crippen molar-refractivity contribution in [2.75, 3.05) is 27.0 Å². The first-order chi connectivity index (χ1) is 17.0. The van der Waals surface area contributed by atoms with E-state index in [2.05, 4.69) is 5.32 Å². The molecular weight excluding hydrogens is 468 g/mol. The number of carbonyl (C=O) groups is 2. The van der Waals surface area contributed by atoms with Crippen LogP contribution in [0.1, 0.15) is 27.4 Å². The Morgan fingerprint density at radius 1 is 1.03 bits per heavy atom. The third-order valence-corrected chi connectivity index (χ3v) is 6.71. The summed E-state index contributed by atoms with van der Waals surface area (Å²) in [7, 11) is 1.61. The molecule has 2 aliphatic rings. The van der Waals surface area contributed by atoms with Crippen molar-refractivity contribution in [3.05, 3.63) is 88.4 Å². The lowest BCUT2D eigenvalue weighted by Crippen LogP contribution is -2.35. The second-order valence-corrected chi connectivity index (χ2v) is 9.05. The van der Waals surface area contributed by atoms with Gasteiger partial charge in [-0.25, -0.2) is 0 Å². The largest absolute Gasteiger partial charge is 0.497 e. The van der Waals surface area contributed by atoms with Crippen molar-refractivity contribution in [2.24, 2.45) is 5.92 Å². The Morgan fingerprint density at radius 2 is 1.83 bits per heavy atom. The van der Waals surface area contributed by atoms with Crippen molar-refractivity contribution in [1.29, 1.82) is 0 Å². The molecule has 1 N–H and O–H groups in total. The highest BCUT2D eigenvalue weighted by molar-refractivity contribution is 6.30. The molecule has 0 unspecified atom stereocenters. The molecule has 8 heteroatoms. The highest BCUT2D eigenvalue weighted by atomic mass is 35.5. The molecule has 1 fully saturated rings. The average molecular weight is 493 g/mol. The Balaban J connectivity index is 1.35. The van der Waals surface area contributed by atoms with Gasteiger partial charge >= 0.3 is 0 Å². The SMILES string of the molecule is COc1cccc([C@H]2CN(C(=O)c3ccc(Cl)cc3)C[C@H]2C(=O)NCc2ccc3c(c2)OCO3)c1. The van der Waals surface area contributed by atoms with Gasteiger partial charge in [0.15, 0.2) is 11.5 Å². The maximum atomic E-state index is 13.4. The molecular formula is C27H25ClN2O5. The fraction of sp³-hybridized carbons (Fsp3) is 0.259. The standard InChI is InChI=1S/C27H25ClN2O5/c1-33-21-4-2-3-19(12-21)22-14-30(27(32)18-6-8-20(28)9-7-18)15-23(22)26(31)29-13-17-5-10-24-25(11-17)35-16-34-24/h2-12,22-23H,13-16H2,1H3,(H,29,31)/t22-,23-/m1/s1. The number of fused-ring (bicyclic) bond motifs is 1. The van der Waals surface area contributed by atoms with E-state index in [1.807, 2.05) is 42.5 Å². The monoisotopic (exact) mass is 492 g/mol. The van der Waals surface area contributed by atoms with Crippen LogP contribution in [0.2, 0.25) is 5.02 Å². The van der Waals surface area contributed by atoms with E-state index in [0.717, 1.165) is 11.1 Å². The zero-order chi connectivity index (χ0) is 24.4. The molecule has 0 bridgehead atoms. The van der Waals surface area contributed by atoms with Crippen molar-refractivity contribution in [3.8, 4) is 17.2 Å². The molecule has 0 spiro atoms. The molecule has 7 nitrogen and oxygen atoms in total. The molecule has 0 aromatic heterocycles. The van der Waals surface area contributed by atoms with E-state index < -0.39 is 5.92 Å². The predicted molar refractivity (Wildman–Crippen MR) is 131 cm³/mol. The number of carbonyl (C=O) groups excluding carboxylic acids is 2. The Bertz CT molecular complexity index is 1250. The molecule has 2 aliphatic heterocycles. The fourth-order valence-corrected chi connectivity index (χ4v) is 4.72. The van der Waals surface area contributed by atoms with E-state index in [0.29, 0.717) is 47.5 Å². The smallest absolute Gasteiger partial charge is 0.253 e. The van der Waals surface area contributed by atoms with Gasteiger partial charge in [-0.15, -0.1) is 0 Å². The van der Waals surface area contributed by atoms with E-state index in [9.17, 15) is 9.59 Å². The molecule has 0 aliphatic carbocycles. The number of hydrogen-bond donors (Lipinski definition) is 1. The van der Waals surface area contributed by atoms with Gasteiger partial charge in [-0.1, -0.05) is 29.8 Å². The average Bonchev–Trinajstić information content (AvgIpc) is 3.54. The maximum absolute atomic E-state index is 13.4. The van der Waals surface area contributed by atoms with Crippen LogP contribution in [-0.2, 0) is 11.3 Å². The van der Waals surface area contributed by atoms with Crippen LogP contribution in [0.3, 0.4) is 0 Å². The normalized spacial score (nSPS) is 18.4. The van der Waals surface area contributed by atoms with Crippen LogP contribution in [0, 0.1) is 5.92 Å². The van der Waals surface area contributed by atoms with Crippen LogP contribution in [0.5, 0.6) is 17.2 Å². The molecule has 180 valence electrons. The molecule has 3 aromatic carbocycles. The molecule has 2 heterocycles. The predicted octanol–water partition coefficient (Wildman–Crippen LogP) is 4.25. The summed E-state index contributed by atoms with van der Waals surface area (Å²) in [4.78, 5) is 28.3. The molecule has 2 amide bonds. The van der Waals surface area contributed by atoms with Crippen LogP contribution >= 0.6 is 11.6 Å². The quantitative estimate of drug-likeness (QED) is 0.556. The van der Waals surface area contributed by atoms with Crippen LogP contribution in [0.4, 0.5) is 0 Å². The van der Waals surface area contributed by atoms with Gasteiger partial charge in [0, 0.05) is 36.1 Å². The summed E-state index contributed by atoms with van der Waals surface area (Å²) in [5.74, 6) is 1.27. The first kappa shape index (κ1) is 23.1. The van der Waals surface area contributed by atoms with Crippen molar-refractivity contribution >= 4 is 23.4 Å². The van der Waals surface area contributed by atoms with Gasteiger partial charge in [0.05, 0.1) is 13.0 Å². The summed E-state index contributed by atoms with van der Waals surface area (Å²) >= 11 is 5.98.